The molecule has 15 heavy (non-hydrogen) atoms. The van der Waals surface area contributed by atoms with Crippen LogP contribution in [0.1, 0.15) is 18.1 Å². The third-order valence-corrected chi connectivity index (χ3v) is 1.76. The quantitative estimate of drug-likeness (QED) is 0.519. The lowest BCUT2D eigenvalue weighted by atomic mass is 10.1. The molecular formula is C12H11FO2. The Kier molecular flexibility index (Phi) is 3.87. The molecular weight excluding hydrogens is 195 g/mol. The predicted octanol–water partition coefficient (Wildman–Crippen LogP) is 2.05. The SMILES string of the molecule is CCOC(=O)C#Cc1ccc(C)c(F)c1. The lowest BCUT2D eigenvalue weighted by Gasteiger charge is -1.95. The van der Waals surface area contributed by atoms with Crippen LogP contribution < -0.4 is 0 Å². The van der Waals surface area contributed by atoms with E-state index in [0.717, 1.165) is 0 Å². The molecule has 0 aliphatic rings. The number of halogens is 1. The first kappa shape index (κ1) is 11.3. The molecule has 1 rings (SSSR count). The second-order valence-corrected chi connectivity index (χ2v) is 2.93. The van der Waals surface area contributed by atoms with Gasteiger partial charge in [0, 0.05) is 11.5 Å². The lowest BCUT2D eigenvalue weighted by Crippen LogP contribution is -1.99. The van der Waals surface area contributed by atoms with E-state index in [0.29, 0.717) is 11.1 Å². The van der Waals surface area contributed by atoms with E-state index < -0.39 is 5.97 Å². The van der Waals surface area contributed by atoms with Crippen LogP contribution in [-0.4, -0.2) is 12.6 Å². The number of carbonyl (C=O) groups excluding carboxylic acids is 1. The van der Waals surface area contributed by atoms with E-state index in [9.17, 15) is 9.18 Å². The largest absolute Gasteiger partial charge is 0.456 e. The van der Waals surface area contributed by atoms with Gasteiger partial charge in [0.15, 0.2) is 0 Å². The zero-order valence-electron chi connectivity index (χ0n) is 8.63. The zero-order chi connectivity index (χ0) is 11.3. The Balaban J connectivity index is 2.80. The van der Waals surface area contributed by atoms with Crippen LogP contribution in [0.5, 0.6) is 0 Å². The van der Waals surface area contributed by atoms with Crippen LogP contribution in [0.2, 0.25) is 0 Å². The van der Waals surface area contributed by atoms with E-state index in [-0.39, 0.29) is 12.4 Å². The van der Waals surface area contributed by atoms with Crippen molar-refractivity contribution in [3.63, 3.8) is 0 Å². The molecule has 0 bridgehead atoms. The molecule has 2 nitrogen and oxygen atoms in total. The first-order valence-corrected chi connectivity index (χ1v) is 4.58. The Morgan fingerprint density at radius 2 is 2.27 bits per heavy atom. The molecule has 0 aromatic heterocycles. The van der Waals surface area contributed by atoms with Crippen LogP contribution in [0.25, 0.3) is 0 Å². The van der Waals surface area contributed by atoms with Crippen LogP contribution in [-0.2, 0) is 9.53 Å². The summed E-state index contributed by atoms with van der Waals surface area (Å²) in [7, 11) is 0. The lowest BCUT2D eigenvalue weighted by molar-refractivity contribution is -0.136. The summed E-state index contributed by atoms with van der Waals surface area (Å²) in [4.78, 5) is 10.9. The second kappa shape index (κ2) is 5.16. The van der Waals surface area contributed by atoms with Crippen molar-refractivity contribution in [3.8, 4) is 11.8 Å². The maximum Gasteiger partial charge on any atom is 0.384 e. The first-order chi connectivity index (χ1) is 7.13. The Hall–Kier alpha value is -1.82. The first-order valence-electron chi connectivity index (χ1n) is 4.58. The number of aryl methyl sites for hydroxylation is 1. The minimum atomic E-state index is -0.599. The summed E-state index contributed by atoms with van der Waals surface area (Å²) in [5.74, 6) is 3.87. The fourth-order valence-corrected chi connectivity index (χ4v) is 0.961. The van der Waals surface area contributed by atoms with E-state index in [1.54, 1.807) is 26.0 Å². The van der Waals surface area contributed by atoms with Crippen molar-refractivity contribution in [2.24, 2.45) is 0 Å². The van der Waals surface area contributed by atoms with E-state index >= 15 is 0 Å². The number of benzene rings is 1. The van der Waals surface area contributed by atoms with Crippen molar-refractivity contribution in [3.05, 3.63) is 35.1 Å². The maximum atomic E-state index is 13.1. The number of ether oxygens (including phenoxy) is 1. The molecule has 1 aromatic rings. The molecule has 0 saturated carbocycles. The van der Waals surface area contributed by atoms with Gasteiger partial charge in [0.1, 0.15) is 5.82 Å². The van der Waals surface area contributed by atoms with Gasteiger partial charge in [-0.1, -0.05) is 12.0 Å². The minimum Gasteiger partial charge on any atom is -0.456 e. The number of carbonyl (C=O) groups is 1. The average Bonchev–Trinajstić information content (AvgIpc) is 2.20. The van der Waals surface area contributed by atoms with Crippen molar-refractivity contribution in [1.29, 1.82) is 0 Å². The third kappa shape index (κ3) is 3.43. The summed E-state index contributed by atoms with van der Waals surface area (Å²) < 4.78 is 17.7. The van der Waals surface area contributed by atoms with Gasteiger partial charge >= 0.3 is 5.97 Å². The highest BCUT2D eigenvalue weighted by Gasteiger charge is 1.97. The number of rotatable bonds is 1. The molecule has 0 amide bonds. The minimum absolute atomic E-state index is 0.287. The molecule has 0 heterocycles. The number of esters is 1. The zero-order valence-corrected chi connectivity index (χ0v) is 8.63. The van der Waals surface area contributed by atoms with Crippen LogP contribution >= 0.6 is 0 Å². The van der Waals surface area contributed by atoms with Gasteiger partial charge in [0.2, 0.25) is 0 Å². The molecule has 0 saturated heterocycles. The Morgan fingerprint density at radius 1 is 1.53 bits per heavy atom. The number of hydrogen-bond acceptors (Lipinski definition) is 2. The molecule has 78 valence electrons. The molecule has 0 spiro atoms. The van der Waals surface area contributed by atoms with Crippen LogP contribution in [0, 0.1) is 24.6 Å². The molecule has 1 aromatic carbocycles. The Bertz CT molecular complexity index is 427. The van der Waals surface area contributed by atoms with Crippen LogP contribution in [0.15, 0.2) is 18.2 Å². The van der Waals surface area contributed by atoms with Gasteiger partial charge in [-0.05, 0) is 31.5 Å². The highest BCUT2D eigenvalue weighted by atomic mass is 19.1. The molecule has 0 fully saturated rings. The van der Waals surface area contributed by atoms with Crippen molar-refractivity contribution >= 4 is 5.97 Å². The summed E-state index contributed by atoms with van der Waals surface area (Å²) in [6.45, 7) is 3.65. The van der Waals surface area contributed by atoms with E-state index in [1.165, 1.54) is 6.07 Å². The smallest absolute Gasteiger partial charge is 0.384 e. The fraction of sp³-hybridized carbons (Fsp3) is 0.250. The molecule has 3 heteroatoms. The Labute approximate surface area is 88.1 Å². The summed E-state index contributed by atoms with van der Waals surface area (Å²) in [6, 6.07) is 4.57. The van der Waals surface area contributed by atoms with Gasteiger partial charge in [-0.15, -0.1) is 0 Å². The highest BCUT2D eigenvalue weighted by Crippen LogP contribution is 2.07. The van der Waals surface area contributed by atoms with Crippen molar-refractivity contribution < 1.29 is 13.9 Å². The topological polar surface area (TPSA) is 26.3 Å². The van der Waals surface area contributed by atoms with Gasteiger partial charge in [-0.3, -0.25) is 0 Å². The van der Waals surface area contributed by atoms with Crippen molar-refractivity contribution in [1.82, 2.24) is 0 Å². The van der Waals surface area contributed by atoms with Crippen LogP contribution in [0.3, 0.4) is 0 Å². The number of hydrogen-bond donors (Lipinski definition) is 0. The highest BCUT2D eigenvalue weighted by molar-refractivity contribution is 5.89. The van der Waals surface area contributed by atoms with Gasteiger partial charge in [0.05, 0.1) is 6.61 Å². The van der Waals surface area contributed by atoms with Gasteiger partial charge < -0.3 is 4.74 Å². The molecule has 0 atom stereocenters. The monoisotopic (exact) mass is 206 g/mol. The second-order valence-electron chi connectivity index (χ2n) is 2.93. The maximum absolute atomic E-state index is 13.1. The van der Waals surface area contributed by atoms with E-state index in [4.69, 9.17) is 0 Å². The van der Waals surface area contributed by atoms with Gasteiger partial charge in [-0.25, -0.2) is 9.18 Å². The standard InChI is InChI=1S/C12H11FO2/c1-3-15-12(14)7-6-10-5-4-9(2)11(13)8-10/h4-5,8H,3H2,1-2H3. The van der Waals surface area contributed by atoms with Crippen molar-refractivity contribution in [2.45, 2.75) is 13.8 Å². The summed E-state index contributed by atoms with van der Waals surface area (Å²) in [6.07, 6.45) is 0. The fourth-order valence-electron chi connectivity index (χ4n) is 0.961. The Morgan fingerprint density at radius 3 is 2.87 bits per heavy atom. The van der Waals surface area contributed by atoms with Crippen LogP contribution in [0.4, 0.5) is 4.39 Å². The van der Waals surface area contributed by atoms with E-state index in [1.807, 2.05) is 0 Å². The summed E-state index contributed by atoms with van der Waals surface area (Å²) in [5.41, 5.74) is 1.02. The normalized spacial score (nSPS) is 9.00. The summed E-state index contributed by atoms with van der Waals surface area (Å²) in [5, 5.41) is 0. The molecule has 0 radical (unpaired) electrons. The third-order valence-electron chi connectivity index (χ3n) is 1.76. The van der Waals surface area contributed by atoms with Gasteiger partial charge in [-0.2, -0.15) is 0 Å². The van der Waals surface area contributed by atoms with E-state index in [2.05, 4.69) is 16.6 Å². The molecule has 0 unspecified atom stereocenters. The molecule has 0 aliphatic carbocycles. The molecule has 0 N–H and O–H groups in total. The summed E-state index contributed by atoms with van der Waals surface area (Å²) >= 11 is 0. The average molecular weight is 206 g/mol. The molecule has 0 aliphatic heterocycles. The predicted molar refractivity (Wildman–Crippen MR) is 54.6 cm³/mol. The van der Waals surface area contributed by atoms with Gasteiger partial charge in [0.25, 0.3) is 0 Å². The van der Waals surface area contributed by atoms with Crippen molar-refractivity contribution in [2.75, 3.05) is 6.61 Å².